The summed E-state index contributed by atoms with van der Waals surface area (Å²) in [6.07, 6.45) is 0. The van der Waals surface area contributed by atoms with Gasteiger partial charge in [0, 0.05) is 63.4 Å². The third kappa shape index (κ3) is 12.5. The van der Waals surface area contributed by atoms with Crippen molar-refractivity contribution in [1.29, 1.82) is 0 Å². The molecular formula is C24H48N4O12. The second-order valence-corrected chi connectivity index (χ2v) is 9.32. The number of aliphatic hydroxyl groups is 4. The Kier molecular flexibility index (Phi) is 19.3. The lowest BCUT2D eigenvalue weighted by atomic mass is 10.1. The highest BCUT2D eigenvalue weighted by molar-refractivity contribution is 5.72. The normalized spacial score (nSPS) is 24.8. The van der Waals surface area contributed by atoms with Crippen LogP contribution in [-0.4, -0.2) is 197 Å². The monoisotopic (exact) mass is 584 g/mol. The van der Waals surface area contributed by atoms with Crippen LogP contribution in [0, 0.1) is 0 Å². The zero-order valence-corrected chi connectivity index (χ0v) is 24.1. The lowest BCUT2D eigenvalue weighted by Gasteiger charge is -2.44. The number of ether oxygens (including phenoxy) is 2. The van der Waals surface area contributed by atoms with Gasteiger partial charge in [-0.2, -0.15) is 0 Å². The molecule has 1 heterocycles. The van der Waals surface area contributed by atoms with E-state index in [0.29, 0.717) is 13.1 Å². The molecule has 0 saturated carbocycles. The van der Waals surface area contributed by atoms with Crippen molar-refractivity contribution in [3.63, 3.8) is 0 Å². The summed E-state index contributed by atoms with van der Waals surface area (Å²) in [6, 6.07) is -2.34. The number of carbonyl (C=O) groups is 2. The molecule has 0 unspecified atom stereocenters. The second-order valence-electron chi connectivity index (χ2n) is 9.32. The number of esters is 2. The predicted octanol–water partition coefficient (Wildman–Crippen LogP) is -3.85. The Morgan fingerprint density at radius 3 is 1.15 bits per heavy atom. The van der Waals surface area contributed by atoms with Crippen LogP contribution in [0.3, 0.4) is 0 Å². The van der Waals surface area contributed by atoms with Crippen molar-refractivity contribution >= 4 is 11.9 Å². The van der Waals surface area contributed by atoms with Crippen LogP contribution >= 0.6 is 0 Å². The fraction of sp³-hybridized carbons (Fsp3) is 0.917. The van der Waals surface area contributed by atoms with Crippen LogP contribution < -0.4 is 0 Å². The van der Waals surface area contributed by atoms with Gasteiger partial charge in [-0.3, -0.25) is 29.2 Å². The quantitative estimate of drug-likeness (QED) is 0.0598. The van der Waals surface area contributed by atoms with Gasteiger partial charge in [0.05, 0.1) is 81.2 Å². The van der Waals surface area contributed by atoms with E-state index < -0.39 is 36.1 Å². The summed E-state index contributed by atoms with van der Waals surface area (Å²) in [6.45, 7) is -0.103. The molecule has 0 radical (unpaired) electrons. The fourth-order valence-electron chi connectivity index (χ4n) is 4.71. The van der Waals surface area contributed by atoms with E-state index in [4.69, 9.17) is 29.0 Å². The minimum Gasteiger partial charge on any atom is -0.468 e. The minimum atomic E-state index is -0.678. The van der Waals surface area contributed by atoms with Gasteiger partial charge in [0.25, 0.3) is 0 Å². The maximum Gasteiger partial charge on any atom is 0.319 e. The van der Waals surface area contributed by atoms with E-state index in [9.17, 15) is 30.0 Å². The van der Waals surface area contributed by atoms with Gasteiger partial charge in [-0.25, -0.2) is 19.6 Å². The van der Waals surface area contributed by atoms with E-state index in [1.807, 2.05) is 9.80 Å². The van der Waals surface area contributed by atoms with Gasteiger partial charge in [-0.1, -0.05) is 0 Å². The molecule has 1 rings (SSSR count). The summed E-state index contributed by atoms with van der Waals surface area (Å²) in [7, 11) is 5.27. The summed E-state index contributed by atoms with van der Waals surface area (Å²) in [5.41, 5.74) is 0. The number of hydrogen-bond donors (Lipinski definition) is 4. The predicted molar refractivity (Wildman–Crippen MR) is 140 cm³/mol. The molecule has 1 aliphatic rings. The molecule has 40 heavy (non-hydrogen) atoms. The van der Waals surface area contributed by atoms with Crippen LogP contribution in [0.2, 0.25) is 0 Å². The largest absolute Gasteiger partial charge is 0.468 e. The van der Waals surface area contributed by atoms with Crippen molar-refractivity contribution in [3.8, 4) is 0 Å². The average molecular weight is 585 g/mol. The number of methoxy groups -OCH3 is 2. The van der Waals surface area contributed by atoms with Crippen molar-refractivity contribution < 1.29 is 59.0 Å². The Morgan fingerprint density at radius 1 is 0.575 bits per heavy atom. The summed E-state index contributed by atoms with van der Waals surface area (Å²) >= 11 is 0. The summed E-state index contributed by atoms with van der Waals surface area (Å²) < 4.78 is 9.75. The number of hydrogen-bond acceptors (Lipinski definition) is 16. The molecule has 16 heteroatoms. The highest BCUT2D eigenvalue weighted by atomic mass is 17.2. The summed E-state index contributed by atoms with van der Waals surface area (Å²) in [5, 5.41) is 41.7. The first kappa shape index (κ1) is 36.5. The highest BCUT2D eigenvalue weighted by Crippen LogP contribution is 2.16. The van der Waals surface area contributed by atoms with Crippen molar-refractivity contribution in [2.75, 3.05) is 120 Å². The van der Waals surface area contributed by atoms with Gasteiger partial charge in [0.2, 0.25) is 0 Å². The third-order valence-corrected chi connectivity index (χ3v) is 6.97. The molecule has 1 saturated heterocycles. The molecule has 0 aromatic carbocycles. The Bertz CT molecular complexity index is 670. The van der Waals surface area contributed by atoms with Gasteiger partial charge < -0.3 is 29.9 Å². The zero-order valence-electron chi connectivity index (χ0n) is 24.1. The Hall–Kier alpha value is -1.54. The molecule has 236 valence electrons. The van der Waals surface area contributed by atoms with E-state index in [-0.39, 0.29) is 78.9 Å². The maximum atomic E-state index is 12.3. The van der Waals surface area contributed by atoms with Crippen LogP contribution in [0.1, 0.15) is 0 Å². The van der Waals surface area contributed by atoms with E-state index in [0.717, 1.165) is 0 Å². The molecule has 0 amide bonds. The van der Waals surface area contributed by atoms with Gasteiger partial charge in [-0.05, 0) is 0 Å². The van der Waals surface area contributed by atoms with Crippen LogP contribution in [0.15, 0.2) is 0 Å². The first-order valence-corrected chi connectivity index (χ1v) is 13.2. The molecule has 1 fully saturated rings. The topological polar surface area (TPSA) is 183 Å². The minimum absolute atomic E-state index is 0.0744. The van der Waals surface area contributed by atoms with Crippen LogP contribution in [0.5, 0.6) is 0 Å². The van der Waals surface area contributed by atoms with E-state index in [1.54, 1.807) is 9.80 Å². The van der Waals surface area contributed by atoms with Crippen LogP contribution in [0.4, 0.5) is 0 Å². The first-order valence-electron chi connectivity index (χ1n) is 13.2. The highest BCUT2D eigenvalue weighted by Gasteiger charge is 2.35. The lowest BCUT2D eigenvalue weighted by Crippen LogP contribution is -2.61. The van der Waals surface area contributed by atoms with Gasteiger partial charge >= 0.3 is 11.9 Å². The number of nitrogens with zero attached hydrogens (tertiary/aromatic N) is 4. The molecule has 0 aliphatic carbocycles. The first-order chi connectivity index (χ1) is 19.3. The Balaban J connectivity index is 3.59. The third-order valence-electron chi connectivity index (χ3n) is 6.97. The average Bonchev–Trinajstić information content (AvgIpc) is 2.96. The maximum absolute atomic E-state index is 12.3. The SMILES string of the molecule is COOCCN1C[C@@H](CO)N(CC(=O)OC)C[C@@H](CO)N(CC(=O)OC)C[C@@H](CO)N(CCOOC)C[C@H]1CO. The molecule has 0 aromatic rings. The molecule has 1 aliphatic heterocycles. The van der Waals surface area contributed by atoms with E-state index in [2.05, 4.69) is 0 Å². The molecular weight excluding hydrogens is 536 g/mol. The van der Waals surface area contributed by atoms with E-state index in [1.165, 1.54) is 28.4 Å². The van der Waals surface area contributed by atoms with Gasteiger partial charge in [0.15, 0.2) is 0 Å². The van der Waals surface area contributed by atoms with E-state index >= 15 is 0 Å². The van der Waals surface area contributed by atoms with Crippen molar-refractivity contribution in [2.45, 2.75) is 24.2 Å². The number of carbonyl (C=O) groups excluding carboxylic acids is 2. The Morgan fingerprint density at radius 2 is 0.875 bits per heavy atom. The molecule has 0 spiro atoms. The fourth-order valence-corrected chi connectivity index (χ4v) is 4.71. The Labute approximate surface area is 235 Å². The smallest absolute Gasteiger partial charge is 0.319 e. The van der Waals surface area contributed by atoms with Crippen molar-refractivity contribution in [1.82, 2.24) is 19.6 Å². The molecule has 4 atom stereocenters. The van der Waals surface area contributed by atoms with Gasteiger partial charge in [-0.15, -0.1) is 0 Å². The summed E-state index contributed by atoms with van der Waals surface area (Å²) in [4.78, 5) is 51.5. The molecule has 0 aromatic heterocycles. The molecule has 0 bridgehead atoms. The van der Waals surface area contributed by atoms with Crippen molar-refractivity contribution in [3.05, 3.63) is 0 Å². The van der Waals surface area contributed by atoms with Crippen molar-refractivity contribution in [2.24, 2.45) is 0 Å². The van der Waals surface area contributed by atoms with Gasteiger partial charge in [0.1, 0.15) is 0 Å². The van der Waals surface area contributed by atoms with Crippen LogP contribution in [0.25, 0.3) is 0 Å². The summed E-state index contributed by atoms with van der Waals surface area (Å²) in [5.74, 6) is -1.10. The second kappa shape index (κ2) is 21.2. The standard InChI is InChI=1S/C24H48N4O12/c1-35-23(33)13-27-11-20(16-30)25(5-7-39-37-3)9-19(15-29)26(6-8-40-38-4)10-21(17-31)28(12-22(27)18-32)14-24(34)36-2/h19-22,29-32H,5-18H2,1-4H3/t19-,20-,21-,22-/m0/s1. The molecule has 4 N–H and O–H groups in total. The lowest BCUT2D eigenvalue weighted by molar-refractivity contribution is -0.275. The number of rotatable bonds is 16. The molecule has 16 nitrogen and oxygen atoms in total. The zero-order chi connectivity index (χ0) is 29.9. The van der Waals surface area contributed by atoms with Crippen LogP contribution in [-0.2, 0) is 38.6 Å². The number of aliphatic hydroxyl groups excluding tert-OH is 4.